The first-order valence-corrected chi connectivity index (χ1v) is 6.00. The Hall–Kier alpha value is -1.57. The summed E-state index contributed by atoms with van der Waals surface area (Å²) in [5, 5.41) is 21.3. The summed E-state index contributed by atoms with van der Waals surface area (Å²) >= 11 is 0. The van der Waals surface area contributed by atoms with E-state index < -0.39 is 5.54 Å². The maximum absolute atomic E-state index is 9.21. The second-order valence-electron chi connectivity index (χ2n) is 4.59. The molecule has 0 saturated carbocycles. The lowest BCUT2D eigenvalue weighted by Gasteiger charge is -2.25. The summed E-state index contributed by atoms with van der Waals surface area (Å²) in [7, 11) is 1.76. The van der Waals surface area contributed by atoms with Gasteiger partial charge in [0.15, 0.2) is 0 Å². The number of hydrogen-bond acceptors (Lipinski definition) is 4. The van der Waals surface area contributed by atoms with Gasteiger partial charge in [-0.2, -0.15) is 5.26 Å². The molecule has 0 aliphatic rings. The molecule has 1 aromatic rings. The summed E-state index contributed by atoms with van der Waals surface area (Å²) in [4.78, 5) is 0. The van der Waals surface area contributed by atoms with E-state index >= 15 is 0 Å². The first kappa shape index (κ1) is 14.5. The van der Waals surface area contributed by atoms with Crippen molar-refractivity contribution in [1.29, 1.82) is 5.26 Å². The van der Waals surface area contributed by atoms with Gasteiger partial charge in [0.25, 0.3) is 0 Å². The zero-order valence-electron chi connectivity index (χ0n) is 11.1. The largest absolute Gasteiger partial charge is 0.490 e. The molecule has 1 aromatic carbocycles. The Labute approximate surface area is 108 Å². The van der Waals surface area contributed by atoms with E-state index in [1.54, 1.807) is 7.05 Å². The third-order valence-electron chi connectivity index (χ3n) is 2.97. The number of nitrogens with one attached hydrogen (secondary N) is 1. The Morgan fingerprint density at radius 1 is 1.50 bits per heavy atom. The molecule has 0 heterocycles. The predicted octanol–water partition coefficient (Wildman–Crippen LogP) is 1.84. The lowest BCUT2D eigenvalue weighted by atomic mass is 9.97. The fourth-order valence-electron chi connectivity index (χ4n) is 1.79. The van der Waals surface area contributed by atoms with Crippen LogP contribution in [-0.4, -0.2) is 23.8 Å². The molecule has 98 valence electrons. The van der Waals surface area contributed by atoms with Crippen molar-refractivity contribution in [2.24, 2.45) is 0 Å². The summed E-state index contributed by atoms with van der Waals surface area (Å²) in [6.45, 7) is 3.70. The lowest BCUT2D eigenvalue weighted by Crippen LogP contribution is -2.41. The minimum absolute atomic E-state index is 0.0512. The Kier molecular flexibility index (Phi) is 5.14. The van der Waals surface area contributed by atoms with Crippen molar-refractivity contribution >= 4 is 0 Å². The maximum atomic E-state index is 9.21. The van der Waals surface area contributed by atoms with Gasteiger partial charge in [0.05, 0.1) is 18.8 Å². The van der Waals surface area contributed by atoms with E-state index in [0.717, 1.165) is 5.56 Å². The SMILES string of the molecule is CNC(C)(C#N)CC(C)Oc1ccccc1CO. The minimum Gasteiger partial charge on any atom is -0.490 e. The third-order valence-corrected chi connectivity index (χ3v) is 2.97. The number of hydrogen-bond donors (Lipinski definition) is 2. The zero-order valence-corrected chi connectivity index (χ0v) is 11.1. The molecule has 4 heteroatoms. The molecular formula is C14H20N2O2. The van der Waals surface area contributed by atoms with Crippen molar-refractivity contribution in [3.8, 4) is 11.8 Å². The summed E-state index contributed by atoms with van der Waals surface area (Å²) in [5.74, 6) is 0.670. The van der Waals surface area contributed by atoms with E-state index in [4.69, 9.17) is 10.00 Å². The lowest BCUT2D eigenvalue weighted by molar-refractivity contribution is 0.176. The van der Waals surface area contributed by atoms with Crippen molar-refractivity contribution < 1.29 is 9.84 Å². The average Bonchev–Trinajstić information content (AvgIpc) is 2.39. The number of nitriles is 1. The molecule has 0 amide bonds. The number of para-hydroxylation sites is 1. The molecule has 0 spiro atoms. The molecule has 0 fully saturated rings. The van der Waals surface area contributed by atoms with E-state index in [0.29, 0.717) is 12.2 Å². The molecule has 0 bridgehead atoms. The van der Waals surface area contributed by atoms with Crippen molar-refractivity contribution in [3.63, 3.8) is 0 Å². The number of ether oxygens (including phenoxy) is 1. The van der Waals surface area contributed by atoms with E-state index in [-0.39, 0.29) is 12.7 Å². The molecule has 1 rings (SSSR count). The topological polar surface area (TPSA) is 65.3 Å². The normalized spacial score (nSPS) is 15.5. The van der Waals surface area contributed by atoms with Crippen LogP contribution < -0.4 is 10.1 Å². The number of aliphatic hydroxyl groups excluding tert-OH is 1. The monoisotopic (exact) mass is 248 g/mol. The summed E-state index contributed by atoms with van der Waals surface area (Å²) in [6.07, 6.45) is 0.453. The zero-order chi connectivity index (χ0) is 13.6. The van der Waals surface area contributed by atoms with Crippen molar-refractivity contribution in [1.82, 2.24) is 5.32 Å². The second kappa shape index (κ2) is 6.39. The second-order valence-corrected chi connectivity index (χ2v) is 4.59. The maximum Gasteiger partial charge on any atom is 0.125 e. The van der Waals surface area contributed by atoms with Crippen LogP contribution in [0, 0.1) is 11.3 Å². The number of nitrogens with zero attached hydrogens (tertiary/aromatic N) is 1. The Balaban J connectivity index is 2.71. The molecule has 0 aliphatic heterocycles. The first-order valence-electron chi connectivity index (χ1n) is 6.00. The molecule has 0 aromatic heterocycles. The summed E-state index contributed by atoms with van der Waals surface area (Å²) in [6, 6.07) is 9.60. The van der Waals surface area contributed by atoms with Gasteiger partial charge in [-0.3, -0.25) is 0 Å². The quantitative estimate of drug-likeness (QED) is 0.806. The highest BCUT2D eigenvalue weighted by atomic mass is 16.5. The third kappa shape index (κ3) is 3.73. The van der Waals surface area contributed by atoms with Crippen LogP contribution in [0.5, 0.6) is 5.75 Å². The highest BCUT2D eigenvalue weighted by molar-refractivity contribution is 5.32. The predicted molar refractivity (Wildman–Crippen MR) is 70.1 cm³/mol. The first-order chi connectivity index (χ1) is 8.54. The van der Waals surface area contributed by atoms with E-state index in [9.17, 15) is 5.11 Å². The molecular weight excluding hydrogens is 228 g/mol. The van der Waals surface area contributed by atoms with E-state index in [2.05, 4.69) is 11.4 Å². The van der Waals surface area contributed by atoms with Crippen LogP contribution in [-0.2, 0) is 6.61 Å². The summed E-state index contributed by atoms with van der Waals surface area (Å²) < 4.78 is 5.78. The molecule has 2 N–H and O–H groups in total. The van der Waals surface area contributed by atoms with Crippen LogP contribution in [0.2, 0.25) is 0 Å². The van der Waals surface area contributed by atoms with Gasteiger partial charge in [-0.1, -0.05) is 18.2 Å². The van der Waals surface area contributed by atoms with Gasteiger partial charge in [0.2, 0.25) is 0 Å². The fraction of sp³-hybridized carbons (Fsp3) is 0.500. The van der Waals surface area contributed by atoms with Gasteiger partial charge < -0.3 is 15.2 Å². The van der Waals surface area contributed by atoms with Gasteiger partial charge in [-0.25, -0.2) is 0 Å². The fourth-order valence-corrected chi connectivity index (χ4v) is 1.79. The van der Waals surface area contributed by atoms with Crippen molar-refractivity contribution in [3.05, 3.63) is 29.8 Å². The molecule has 0 saturated heterocycles. The molecule has 0 radical (unpaired) electrons. The van der Waals surface area contributed by atoms with Crippen LogP contribution >= 0.6 is 0 Å². The van der Waals surface area contributed by atoms with Gasteiger partial charge in [-0.05, 0) is 27.0 Å². The Bertz CT molecular complexity index is 428. The number of aliphatic hydroxyl groups is 1. The van der Waals surface area contributed by atoms with Crippen molar-refractivity contribution in [2.75, 3.05) is 7.05 Å². The van der Waals surface area contributed by atoms with Gasteiger partial charge in [-0.15, -0.1) is 0 Å². The van der Waals surface area contributed by atoms with E-state index in [1.165, 1.54) is 0 Å². The van der Waals surface area contributed by atoms with Crippen LogP contribution in [0.3, 0.4) is 0 Å². The Morgan fingerprint density at radius 2 is 2.17 bits per heavy atom. The van der Waals surface area contributed by atoms with Crippen LogP contribution in [0.4, 0.5) is 0 Å². The standard InChI is InChI=1S/C14H20N2O2/c1-11(8-14(2,10-15)16-3)18-13-7-5-4-6-12(13)9-17/h4-7,11,16-17H,8-9H2,1-3H3. The highest BCUT2D eigenvalue weighted by Crippen LogP contribution is 2.22. The van der Waals surface area contributed by atoms with Crippen LogP contribution in [0.15, 0.2) is 24.3 Å². The van der Waals surface area contributed by atoms with Gasteiger partial charge in [0.1, 0.15) is 11.3 Å². The van der Waals surface area contributed by atoms with Gasteiger partial charge >= 0.3 is 0 Å². The molecule has 0 aliphatic carbocycles. The number of benzene rings is 1. The Morgan fingerprint density at radius 3 is 2.72 bits per heavy atom. The van der Waals surface area contributed by atoms with Crippen LogP contribution in [0.1, 0.15) is 25.8 Å². The van der Waals surface area contributed by atoms with Gasteiger partial charge in [0, 0.05) is 12.0 Å². The summed E-state index contributed by atoms with van der Waals surface area (Å²) in [5.41, 5.74) is 0.153. The molecule has 4 nitrogen and oxygen atoms in total. The molecule has 2 atom stereocenters. The van der Waals surface area contributed by atoms with Crippen molar-refractivity contribution in [2.45, 2.75) is 38.5 Å². The average molecular weight is 248 g/mol. The molecule has 2 unspecified atom stereocenters. The van der Waals surface area contributed by atoms with E-state index in [1.807, 2.05) is 38.1 Å². The minimum atomic E-state index is -0.604. The highest BCUT2D eigenvalue weighted by Gasteiger charge is 2.25. The van der Waals surface area contributed by atoms with Crippen LogP contribution in [0.25, 0.3) is 0 Å². The molecule has 18 heavy (non-hydrogen) atoms. The number of rotatable bonds is 6. The smallest absolute Gasteiger partial charge is 0.125 e.